The third-order valence-corrected chi connectivity index (χ3v) is 7.27. The molecule has 13 heteroatoms. The van der Waals surface area contributed by atoms with Crippen molar-refractivity contribution in [2.75, 3.05) is 6.61 Å². The van der Waals surface area contributed by atoms with Gasteiger partial charge in [0.2, 0.25) is 0 Å². The van der Waals surface area contributed by atoms with E-state index in [1.165, 1.54) is 22.9 Å². The van der Waals surface area contributed by atoms with E-state index in [0.29, 0.717) is 16.0 Å². The van der Waals surface area contributed by atoms with E-state index < -0.39 is 29.3 Å². The fraction of sp³-hybridized carbons (Fsp3) is 0.208. The molecular weight excluding hydrogens is 537 g/mol. The zero-order valence-electron chi connectivity index (χ0n) is 19.5. The molecule has 2 aromatic carbocycles. The van der Waals surface area contributed by atoms with Crippen molar-refractivity contribution in [2.45, 2.75) is 35.1 Å². The summed E-state index contributed by atoms with van der Waals surface area (Å²) >= 11 is 7.17. The zero-order chi connectivity index (χ0) is 25.6. The van der Waals surface area contributed by atoms with Crippen LogP contribution in [0.2, 0.25) is 5.02 Å². The Kier molecular flexibility index (Phi) is 8.20. The van der Waals surface area contributed by atoms with Gasteiger partial charge in [-0.25, -0.2) is 13.6 Å². The Morgan fingerprint density at radius 2 is 1.97 bits per heavy atom. The minimum absolute atomic E-state index is 0. The molecule has 1 fully saturated rings. The van der Waals surface area contributed by atoms with Crippen molar-refractivity contribution < 1.29 is 57.8 Å². The predicted octanol–water partition coefficient (Wildman–Crippen LogP) is 1.25. The number of nitrogens with two attached hydrogens (primary N) is 1. The molecule has 186 valence electrons. The third-order valence-electron chi connectivity index (χ3n) is 5.81. The first-order valence-corrected chi connectivity index (χ1v) is 12.1. The molecule has 1 aliphatic carbocycles. The van der Waals surface area contributed by atoms with E-state index in [1.54, 1.807) is 23.0 Å². The number of primary amides is 1. The number of amides is 1. The average molecular weight is 555 g/mol. The SMILES string of the molecule is NC(=O)OCCn1cc(-n2c(C3CC3)c(Sc3cccc(C(=O)[O-])c3F)c3ccc(Cl)c(F)c32)cn1.[Na+]. The first kappa shape index (κ1) is 27.5. The van der Waals surface area contributed by atoms with E-state index in [-0.39, 0.29) is 64.1 Å². The standard InChI is InChI=1S/C24H19ClF2N4O4S.Na/c25-16-7-6-15-21(19(16)27)31(13-10-29-30(11-13)8-9-35-24(28)34)20(12-4-5-12)22(15)36-17-3-1-2-14(18(17)26)23(32)33;/h1-3,6-7,10-12H,4-5,8-9H2,(H2,28,34)(H,32,33);/q;+1/p-1. The van der Waals surface area contributed by atoms with Gasteiger partial charge in [0.25, 0.3) is 0 Å². The summed E-state index contributed by atoms with van der Waals surface area (Å²) in [5.74, 6) is -3.10. The molecule has 0 saturated heterocycles. The van der Waals surface area contributed by atoms with Gasteiger partial charge in [-0.05, 0) is 31.0 Å². The Bertz CT molecular complexity index is 1520. The van der Waals surface area contributed by atoms with E-state index in [2.05, 4.69) is 5.10 Å². The average Bonchev–Trinajstić information content (AvgIpc) is 3.47. The van der Waals surface area contributed by atoms with Gasteiger partial charge in [-0.3, -0.25) is 4.68 Å². The molecule has 37 heavy (non-hydrogen) atoms. The number of fused-ring (bicyclic) bond motifs is 1. The molecule has 0 aliphatic heterocycles. The number of aromatic carboxylic acids is 1. The van der Waals surface area contributed by atoms with Gasteiger partial charge < -0.3 is 24.9 Å². The van der Waals surface area contributed by atoms with Crippen molar-refractivity contribution in [3.63, 3.8) is 0 Å². The topological polar surface area (TPSA) is 115 Å². The van der Waals surface area contributed by atoms with Crippen molar-refractivity contribution >= 4 is 46.3 Å². The van der Waals surface area contributed by atoms with Crippen molar-refractivity contribution in [1.29, 1.82) is 0 Å². The number of halogens is 3. The third kappa shape index (κ3) is 5.37. The molecule has 1 amide bonds. The number of benzene rings is 2. The first-order chi connectivity index (χ1) is 17.3. The molecule has 1 saturated carbocycles. The summed E-state index contributed by atoms with van der Waals surface area (Å²) in [6, 6.07) is 7.13. The monoisotopic (exact) mass is 554 g/mol. The van der Waals surface area contributed by atoms with Gasteiger partial charge >= 0.3 is 35.7 Å². The first-order valence-electron chi connectivity index (χ1n) is 10.9. The summed E-state index contributed by atoms with van der Waals surface area (Å²) in [5.41, 5.74) is 5.94. The van der Waals surface area contributed by atoms with Crippen LogP contribution < -0.4 is 40.4 Å². The second-order valence-corrected chi connectivity index (χ2v) is 9.68. The molecule has 4 aromatic rings. The number of hydrogen-bond acceptors (Lipinski definition) is 6. The molecule has 8 nitrogen and oxygen atoms in total. The smallest absolute Gasteiger partial charge is 0.545 e. The molecule has 0 atom stereocenters. The van der Waals surface area contributed by atoms with E-state index in [9.17, 15) is 14.7 Å². The number of carbonyl (C=O) groups is 2. The summed E-state index contributed by atoms with van der Waals surface area (Å²) in [5, 5.41) is 16.0. The Morgan fingerprint density at radius 3 is 2.65 bits per heavy atom. The quantitative estimate of drug-likeness (QED) is 0.328. The van der Waals surface area contributed by atoms with Crippen LogP contribution in [0.5, 0.6) is 0 Å². The Labute approximate surface area is 241 Å². The van der Waals surface area contributed by atoms with E-state index in [4.69, 9.17) is 22.1 Å². The number of hydrogen-bond donors (Lipinski definition) is 1. The van der Waals surface area contributed by atoms with Crippen molar-refractivity contribution in [2.24, 2.45) is 5.73 Å². The number of nitrogens with zero attached hydrogens (tertiary/aromatic N) is 3. The largest absolute Gasteiger partial charge is 1.00 e. The number of carbonyl (C=O) groups excluding carboxylic acids is 2. The van der Waals surface area contributed by atoms with Gasteiger partial charge in [0.1, 0.15) is 12.4 Å². The molecule has 0 unspecified atom stereocenters. The fourth-order valence-electron chi connectivity index (χ4n) is 4.09. The van der Waals surface area contributed by atoms with Gasteiger partial charge in [-0.1, -0.05) is 35.5 Å². The number of carboxylic acid groups (broad SMARTS) is 1. The molecule has 2 heterocycles. The summed E-state index contributed by atoms with van der Waals surface area (Å²) in [6.45, 7) is 0.237. The normalized spacial score (nSPS) is 12.9. The van der Waals surface area contributed by atoms with Crippen LogP contribution in [0, 0.1) is 11.6 Å². The molecule has 2 aromatic heterocycles. The second kappa shape index (κ2) is 11.0. The van der Waals surface area contributed by atoms with Crippen LogP contribution in [0.15, 0.2) is 52.5 Å². The second-order valence-electron chi connectivity index (χ2n) is 8.22. The van der Waals surface area contributed by atoms with Crippen molar-refractivity contribution in [3.05, 3.63) is 70.6 Å². The number of rotatable bonds is 8. The maximum Gasteiger partial charge on any atom is 1.00 e. The Morgan fingerprint density at radius 1 is 1.22 bits per heavy atom. The maximum atomic E-state index is 15.5. The minimum atomic E-state index is -1.62. The Hall–Kier alpha value is -2.57. The predicted molar refractivity (Wildman–Crippen MR) is 126 cm³/mol. The molecule has 0 bridgehead atoms. The van der Waals surface area contributed by atoms with Gasteiger partial charge in [0, 0.05) is 38.5 Å². The van der Waals surface area contributed by atoms with Gasteiger partial charge in [0.15, 0.2) is 5.82 Å². The summed E-state index contributed by atoms with van der Waals surface area (Å²) < 4.78 is 38.5. The van der Waals surface area contributed by atoms with E-state index >= 15 is 8.78 Å². The van der Waals surface area contributed by atoms with Crippen molar-refractivity contribution in [3.8, 4) is 5.69 Å². The van der Waals surface area contributed by atoms with Gasteiger partial charge in [-0.15, -0.1) is 0 Å². The molecule has 1 aliphatic rings. The van der Waals surface area contributed by atoms with Crippen LogP contribution >= 0.6 is 23.4 Å². The molecule has 0 spiro atoms. The van der Waals surface area contributed by atoms with Crippen molar-refractivity contribution in [1.82, 2.24) is 14.3 Å². The van der Waals surface area contributed by atoms with Crippen LogP contribution in [0.3, 0.4) is 0 Å². The maximum absolute atomic E-state index is 15.5. The summed E-state index contributed by atoms with van der Waals surface area (Å²) in [6.07, 6.45) is 4.01. The van der Waals surface area contributed by atoms with E-state index in [0.717, 1.165) is 36.4 Å². The number of aromatic nitrogens is 3. The van der Waals surface area contributed by atoms with Gasteiger partial charge in [0.05, 0.1) is 34.9 Å². The number of carboxylic acids is 1. The minimum Gasteiger partial charge on any atom is -0.545 e. The number of ether oxygens (including phenoxy) is 1. The van der Waals surface area contributed by atoms with Crippen LogP contribution in [0.4, 0.5) is 13.6 Å². The Balaban J connectivity index is 0.00000320. The molecule has 2 N–H and O–H groups in total. The molecule has 5 rings (SSSR count). The summed E-state index contributed by atoms with van der Waals surface area (Å²) in [4.78, 5) is 22.9. The molecular formula is C24H18ClF2N4NaO4S. The van der Waals surface area contributed by atoms with E-state index in [1.807, 2.05) is 0 Å². The van der Waals surface area contributed by atoms with Crippen LogP contribution in [0.1, 0.15) is 34.8 Å². The van der Waals surface area contributed by atoms with Crippen LogP contribution in [-0.2, 0) is 11.3 Å². The fourth-order valence-corrected chi connectivity index (χ4v) is 5.45. The molecule has 0 radical (unpaired) electrons. The van der Waals surface area contributed by atoms with Crippen LogP contribution in [-0.4, -0.2) is 33.0 Å². The van der Waals surface area contributed by atoms with Gasteiger partial charge in [-0.2, -0.15) is 5.10 Å². The van der Waals surface area contributed by atoms with Crippen LogP contribution in [0.25, 0.3) is 16.6 Å². The zero-order valence-corrected chi connectivity index (χ0v) is 23.1. The summed E-state index contributed by atoms with van der Waals surface area (Å²) in [7, 11) is 0.